The molecule has 0 saturated heterocycles. The van der Waals surface area contributed by atoms with Crippen molar-refractivity contribution in [1.82, 2.24) is 10.7 Å². The van der Waals surface area contributed by atoms with Crippen LogP contribution in [0, 0.1) is 0 Å². The third kappa shape index (κ3) is 4.08. The molecule has 0 bridgehead atoms. The molecule has 0 aliphatic rings. The quantitative estimate of drug-likeness (QED) is 0.463. The van der Waals surface area contributed by atoms with Gasteiger partial charge in [-0.2, -0.15) is 5.10 Å². The molecule has 0 fully saturated rings. The molecule has 0 aliphatic carbocycles. The highest BCUT2D eigenvalue weighted by Crippen LogP contribution is 2.02. The Morgan fingerprint density at radius 1 is 1.40 bits per heavy atom. The van der Waals surface area contributed by atoms with Crippen LogP contribution in [0.1, 0.15) is 18.1 Å². The summed E-state index contributed by atoms with van der Waals surface area (Å²) in [5.74, 6) is 0. The summed E-state index contributed by atoms with van der Waals surface area (Å²) >= 11 is 4.87. The van der Waals surface area contributed by atoms with Crippen LogP contribution in [-0.4, -0.2) is 18.4 Å². The van der Waals surface area contributed by atoms with Gasteiger partial charge < -0.3 is 5.32 Å². The summed E-state index contributed by atoms with van der Waals surface area (Å²) in [5.41, 5.74) is 5.08. The van der Waals surface area contributed by atoms with E-state index in [-0.39, 0.29) is 0 Å². The second-order valence-corrected chi connectivity index (χ2v) is 3.45. The van der Waals surface area contributed by atoms with Crippen molar-refractivity contribution in [3.8, 4) is 0 Å². The standard InChI is InChI=1S/C11H15N3S/c1-3-9-4-6-10(7-5-9)8-13-14-11(15)12-2/h4-8H,3H2,1-2H3,(H2,12,14,15). The summed E-state index contributed by atoms with van der Waals surface area (Å²) in [6, 6.07) is 8.26. The third-order valence-electron chi connectivity index (χ3n) is 1.99. The van der Waals surface area contributed by atoms with Gasteiger partial charge in [0, 0.05) is 7.05 Å². The van der Waals surface area contributed by atoms with Gasteiger partial charge in [0.05, 0.1) is 6.21 Å². The van der Waals surface area contributed by atoms with Crippen molar-refractivity contribution in [2.45, 2.75) is 13.3 Å². The van der Waals surface area contributed by atoms with Crippen LogP contribution in [0.2, 0.25) is 0 Å². The Morgan fingerprint density at radius 2 is 2.07 bits per heavy atom. The first kappa shape index (κ1) is 11.7. The lowest BCUT2D eigenvalue weighted by Gasteiger charge is -2.00. The Balaban J connectivity index is 2.53. The van der Waals surface area contributed by atoms with Gasteiger partial charge in [-0.25, -0.2) is 0 Å². The fourth-order valence-electron chi connectivity index (χ4n) is 1.06. The topological polar surface area (TPSA) is 36.4 Å². The predicted molar refractivity (Wildman–Crippen MR) is 68.2 cm³/mol. The van der Waals surface area contributed by atoms with E-state index in [9.17, 15) is 0 Å². The van der Waals surface area contributed by atoms with Crippen LogP contribution in [0.15, 0.2) is 29.4 Å². The van der Waals surface area contributed by atoms with Gasteiger partial charge in [0.25, 0.3) is 0 Å². The van der Waals surface area contributed by atoms with Crippen molar-refractivity contribution in [3.63, 3.8) is 0 Å². The van der Waals surface area contributed by atoms with E-state index in [1.54, 1.807) is 13.3 Å². The molecule has 2 N–H and O–H groups in total. The van der Waals surface area contributed by atoms with Crippen LogP contribution in [0.5, 0.6) is 0 Å². The first-order chi connectivity index (χ1) is 7.26. The van der Waals surface area contributed by atoms with E-state index in [1.807, 2.05) is 12.1 Å². The van der Waals surface area contributed by atoms with E-state index in [2.05, 4.69) is 34.9 Å². The predicted octanol–water partition coefficient (Wildman–Crippen LogP) is 1.68. The minimum atomic E-state index is 0.511. The number of rotatable bonds is 3. The van der Waals surface area contributed by atoms with Gasteiger partial charge in [0.1, 0.15) is 0 Å². The molecular weight excluding hydrogens is 206 g/mol. The zero-order chi connectivity index (χ0) is 11.1. The summed E-state index contributed by atoms with van der Waals surface area (Å²) in [5, 5.41) is 7.28. The first-order valence-corrected chi connectivity index (χ1v) is 5.26. The van der Waals surface area contributed by atoms with Crippen LogP contribution < -0.4 is 10.7 Å². The molecule has 0 aromatic heterocycles. The maximum Gasteiger partial charge on any atom is 0.186 e. The molecule has 1 aromatic carbocycles. The number of hydrazone groups is 1. The Labute approximate surface area is 95.6 Å². The monoisotopic (exact) mass is 221 g/mol. The zero-order valence-corrected chi connectivity index (χ0v) is 9.77. The molecular formula is C11H15N3S. The fourth-order valence-corrected chi connectivity index (χ4v) is 1.11. The van der Waals surface area contributed by atoms with E-state index in [0.29, 0.717) is 5.11 Å². The van der Waals surface area contributed by atoms with Crippen LogP contribution in [-0.2, 0) is 6.42 Å². The number of nitrogens with one attached hydrogen (secondary N) is 2. The lowest BCUT2D eigenvalue weighted by Crippen LogP contribution is -2.28. The van der Waals surface area contributed by atoms with Gasteiger partial charge >= 0.3 is 0 Å². The molecule has 80 valence electrons. The fraction of sp³-hybridized carbons (Fsp3) is 0.273. The average Bonchev–Trinajstić information content (AvgIpc) is 2.29. The van der Waals surface area contributed by atoms with Crippen molar-refractivity contribution in [2.75, 3.05) is 7.05 Å². The minimum absolute atomic E-state index is 0.511. The molecule has 1 aromatic rings. The van der Waals surface area contributed by atoms with Crippen molar-refractivity contribution in [1.29, 1.82) is 0 Å². The first-order valence-electron chi connectivity index (χ1n) is 4.86. The van der Waals surface area contributed by atoms with Gasteiger partial charge in [0.15, 0.2) is 5.11 Å². The number of thiocarbonyl (C=S) groups is 1. The van der Waals surface area contributed by atoms with Gasteiger partial charge in [-0.15, -0.1) is 0 Å². The Morgan fingerprint density at radius 3 is 2.60 bits per heavy atom. The van der Waals surface area contributed by atoms with E-state index in [0.717, 1.165) is 12.0 Å². The lowest BCUT2D eigenvalue weighted by atomic mass is 10.1. The molecule has 0 saturated carbocycles. The number of benzene rings is 1. The molecule has 0 unspecified atom stereocenters. The van der Waals surface area contributed by atoms with E-state index in [1.165, 1.54) is 5.56 Å². The van der Waals surface area contributed by atoms with Crippen molar-refractivity contribution in [2.24, 2.45) is 5.10 Å². The third-order valence-corrected chi connectivity index (χ3v) is 2.29. The maximum atomic E-state index is 4.87. The number of hydrogen-bond acceptors (Lipinski definition) is 2. The Kier molecular flexibility index (Phi) is 4.77. The molecule has 0 spiro atoms. The second kappa shape index (κ2) is 6.14. The molecule has 15 heavy (non-hydrogen) atoms. The number of nitrogens with zero attached hydrogens (tertiary/aromatic N) is 1. The van der Waals surface area contributed by atoms with Crippen molar-refractivity contribution < 1.29 is 0 Å². The van der Waals surface area contributed by atoms with Gasteiger partial charge in [0.2, 0.25) is 0 Å². The van der Waals surface area contributed by atoms with Gasteiger partial charge in [-0.1, -0.05) is 31.2 Å². The van der Waals surface area contributed by atoms with Crippen LogP contribution >= 0.6 is 12.2 Å². The molecule has 0 radical (unpaired) electrons. The SMILES string of the molecule is CCc1ccc(C=NNC(=S)NC)cc1. The molecule has 4 heteroatoms. The highest BCUT2D eigenvalue weighted by atomic mass is 32.1. The summed E-state index contributed by atoms with van der Waals surface area (Å²) in [6.45, 7) is 2.13. The van der Waals surface area contributed by atoms with Gasteiger partial charge in [-0.05, 0) is 29.8 Å². The molecule has 0 heterocycles. The zero-order valence-electron chi connectivity index (χ0n) is 8.95. The van der Waals surface area contributed by atoms with Crippen LogP contribution in [0.25, 0.3) is 0 Å². The smallest absolute Gasteiger partial charge is 0.186 e. The van der Waals surface area contributed by atoms with Crippen LogP contribution in [0.3, 0.4) is 0 Å². The van der Waals surface area contributed by atoms with Crippen LogP contribution in [0.4, 0.5) is 0 Å². The summed E-state index contributed by atoms with van der Waals surface area (Å²) in [6.07, 6.45) is 2.79. The molecule has 0 amide bonds. The normalized spacial score (nSPS) is 10.3. The van der Waals surface area contributed by atoms with E-state index in [4.69, 9.17) is 12.2 Å². The highest BCUT2D eigenvalue weighted by molar-refractivity contribution is 7.80. The summed E-state index contributed by atoms with van der Waals surface area (Å²) in [7, 11) is 1.75. The molecule has 0 atom stereocenters. The largest absolute Gasteiger partial charge is 0.364 e. The number of aryl methyl sites for hydroxylation is 1. The molecule has 1 rings (SSSR count). The average molecular weight is 221 g/mol. The van der Waals surface area contributed by atoms with E-state index < -0.39 is 0 Å². The Bertz CT molecular complexity index is 343. The van der Waals surface area contributed by atoms with Gasteiger partial charge in [-0.3, -0.25) is 5.43 Å². The van der Waals surface area contributed by atoms with Crippen molar-refractivity contribution >= 4 is 23.5 Å². The lowest BCUT2D eigenvalue weighted by molar-refractivity contribution is 0.982. The maximum absolute atomic E-state index is 4.87. The summed E-state index contributed by atoms with van der Waals surface area (Å²) < 4.78 is 0. The second-order valence-electron chi connectivity index (χ2n) is 3.04. The number of hydrogen-bond donors (Lipinski definition) is 2. The summed E-state index contributed by atoms with van der Waals surface area (Å²) in [4.78, 5) is 0. The Hall–Kier alpha value is -1.42. The minimum Gasteiger partial charge on any atom is -0.364 e. The highest BCUT2D eigenvalue weighted by Gasteiger charge is 1.90. The van der Waals surface area contributed by atoms with Crippen molar-refractivity contribution in [3.05, 3.63) is 35.4 Å². The molecule has 3 nitrogen and oxygen atoms in total. The molecule has 0 aliphatic heterocycles. The van der Waals surface area contributed by atoms with E-state index >= 15 is 0 Å².